The highest BCUT2D eigenvalue weighted by atomic mass is 32.2. The van der Waals surface area contributed by atoms with Crippen LogP contribution in [-0.2, 0) is 16.4 Å². The third kappa shape index (κ3) is 3.63. The van der Waals surface area contributed by atoms with Crippen molar-refractivity contribution in [1.29, 1.82) is 0 Å². The van der Waals surface area contributed by atoms with Crippen LogP contribution in [0, 0.1) is 5.92 Å². The molecule has 0 aliphatic heterocycles. The van der Waals surface area contributed by atoms with Crippen LogP contribution in [0.1, 0.15) is 39.1 Å². The monoisotopic (exact) mass is 286 g/mol. The van der Waals surface area contributed by atoms with E-state index in [2.05, 4.69) is 16.8 Å². The van der Waals surface area contributed by atoms with Gasteiger partial charge in [-0.25, -0.2) is 8.42 Å². The van der Waals surface area contributed by atoms with E-state index in [0.717, 1.165) is 0 Å². The van der Waals surface area contributed by atoms with Crippen molar-refractivity contribution in [3.63, 3.8) is 0 Å². The summed E-state index contributed by atoms with van der Waals surface area (Å²) >= 11 is 0. The first-order chi connectivity index (χ1) is 8.83. The van der Waals surface area contributed by atoms with E-state index in [9.17, 15) is 8.42 Å². The molecule has 1 heterocycles. The second-order valence-electron chi connectivity index (χ2n) is 4.93. The summed E-state index contributed by atoms with van der Waals surface area (Å²) in [6.45, 7) is 9.93. The van der Waals surface area contributed by atoms with Crippen LogP contribution in [0.15, 0.2) is 17.8 Å². The predicted molar refractivity (Wildman–Crippen MR) is 74.3 cm³/mol. The van der Waals surface area contributed by atoms with E-state index in [0.29, 0.717) is 18.8 Å². The van der Waals surface area contributed by atoms with Gasteiger partial charge in [-0.15, -0.1) is 16.8 Å². The Morgan fingerprint density at radius 2 is 2.05 bits per heavy atom. The molecule has 108 valence electrons. The summed E-state index contributed by atoms with van der Waals surface area (Å²) in [5, 5.41) is 7.77. The fraction of sp³-hybridized carbons (Fsp3) is 0.667. The van der Waals surface area contributed by atoms with Gasteiger partial charge in [0.05, 0.1) is 11.8 Å². The molecule has 0 fully saturated rings. The van der Waals surface area contributed by atoms with Crippen molar-refractivity contribution < 1.29 is 8.42 Å². The summed E-state index contributed by atoms with van der Waals surface area (Å²) in [6.07, 6.45) is 2.03. The van der Waals surface area contributed by atoms with Crippen LogP contribution >= 0.6 is 0 Å². The van der Waals surface area contributed by atoms with Gasteiger partial charge in [0.15, 0.2) is 5.82 Å². The third-order valence-electron chi connectivity index (χ3n) is 2.68. The maximum Gasteiger partial charge on any atom is 0.250 e. The lowest BCUT2D eigenvalue weighted by molar-refractivity contribution is 0.454. The molecular weight excluding hydrogens is 264 g/mol. The maximum atomic E-state index is 12.1. The minimum Gasteiger partial charge on any atom is -0.321 e. The van der Waals surface area contributed by atoms with Gasteiger partial charge in [0.1, 0.15) is 0 Å². The SMILES string of the molecule is C=CCS(=O)(=O)c1nnc(C(N)CC)n1CC(C)C. The minimum atomic E-state index is -3.49. The van der Waals surface area contributed by atoms with Gasteiger partial charge in [-0.1, -0.05) is 26.8 Å². The lowest BCUT2D eigenvalue weighted by atomic mass is 10.2. The first-order valence-electron chi connectivity index (χ1n) is 6.35. The Bertz CT molecular complexity index is 534. The Labute approximate surface area is 114 Å². The molecule has 0 aromatic carbocycles. The molecule has 7 heteroatoms. The molecule has 1 atom stereocenters. The second-order valence-corrected chi connectivity index (χ2v) is 6.86. The highest BCUT2D eigenvalue weighted by Crippen LogP contribution is 2.19. The summed E-state index contributed by atoms with van der Waals surface area (Å²) in [5.74, 6) is 0.653. The van der Waals surface area contributed by atoms with Crippen LogP contribution < -0.4 is 5.73 Å². The van der Waals surface area contributed by atoms with Crippen LogP contribution in [0.3, 0.4) is 0 Å². The number of aromatic nitrogens is 3. The predicted octanol–water partition coefficient (Wildman–Crippen LogP) is 1.30. The third-order valence-corrected chi connectivity index (χ3v) is 4.21. The van der Waals surface area contributed by atoms with E-state index in [-0.39, 0.29) is 22.9 Å². The zero-order valence-corrected chi connectivity index (χ0v) is 12.5. The van der Waals surface area contributed by atoms with E-state index in [1.807, 2.05) is 20.8 Å². The molecule has 1 aromatic rings. The van der Waals surface area contributed by atoms with Gasteiger partial charge < -0.3 is 10.3 Å². The number of nitrogens with zero attached hydrogens (tertiary/aromatic N) is 3. The zero-order valence-electron chi connectivity index (χ0n) is 11.7. The van der Waals surface area contributed by atoms with Gasteiger partial charge >= 0.3 is 0 Å². The molecular formula is C12H22N4O2S. The lowest BCUT2D eigenvalue weighted by Crippen LogP contribution is -2.21. The Hall–Kier alpha value is -1.21. The number of hydrogen-bond donors (Lipinski definition) is 1. The normalized spacial score (nSPS) is 13.7. The Morgan fingerprint density at radius 1 is 1.42 bits per heavy atom. The van der Waals surface area contributed by atoms with Crippen molar-refractivity contribution >= 4 is 9.84 Å². The lowest BCUT2D eigenvalue weighted by Gasteiger charge is -2.15. The van der Waals surface area contributed by atoms with Crippen molar-refractivity contribution in [2.24, 2.45) is 11.7 Å². The van der Waals surface area contributed by atoms with E-state index < -0.39 is 9.84 Å². The molecule has 0 saturated heterocycles. The fourth-order valence-corrected chi connectivity index (χ4v) is 2.88. The first kappa shape index (κ1) is 15.8. The first-order valence-corrected chi connectivity index (χ1v) is 8.01. The molecule has 6 nitrogen and oxygen atoms in total. The minimum absolute atomic E-state index is 0.0139. The molecule has 1 unspecified atom stereocenters. The summed E-state index contributed by atoms with van der Waals surface area (Å²) in [7, 11) is -3.49. The Morgan fingerprint density at radius 3 is 2.53 bits per heavy atom. The Balaban J connectivity index is 3.33. The molecule has 0 aliphatic carbocycles. The van der Waals surface area contributed by atoms with Crippen LogP contribution in [0.5, 0.6) is 0 Å². The summed E-state index contributed by atoms with van der Waals surface area (Å²) in [5.41, 5.74) is 5.96. The highest BCUT2D eigenvalue weighted by Gasteiger charge is 2.25. The van der Waals surface area contributed by atoms with Crippen LogP contribution in [0.2, 0.25) is 0 Å². The molecule has 0 spiro atoms. The molecule has 0 saturated carbocycles. The summed E-state index contributed by atoms with van der Waals surface area (Å²) in [4.78, 5) is 0. The number of nitrogens with two attached hydrogens (primary N) is 1. The quantitative estimate of drug-likeness (QED) is 0.763. The van der Waals surface area contributed by atoms with Crippen molar-refractivity contribution in [3.05, 3.63) is 18.5 Å². The molecule has 0 amide bonds. The van der Waals surface area contributed by atoms with Crippen LogP contribution in [-0.4, -0.2) is 28.9 Å². The second kappa shape index (κ2) is 6.29. The van der Waals surface area contributed by atoms with Crippen molar-refractivity contribution in [3.8, 4) is 0 Å². The molecule has 1 aromatic heterocycles. The molecule has 1 rings (SSSR count). The van der Waals surface area contributed by atoms with Crippen molar-refractivity contribution in [2.75, 3.05) is 5.75 Å². The Kier molecular flexibility index (Phi) is 5.25. The molecule has 0 bridgehead atoms. The number of hydrogen-bond acceptors (Lipinski definition) is 5. The number of sulfone groups is 1. The smallest absolute Gasteiger partial charge is 0.250 e. The van der Waals surface area contributed by atoms with Gasteiger partial charge in [0.25, 0.3) is 0 Å². The number of rotatable bonds is 7. The van der Waals surface area contributed by atoms with Gasteiger partial charge in [-0.05, 0) is 12.3 Å². The largest absolute Gasteiger partial charge is 0.321 e. The van der Waals surface area contributed by atoms with E-state index >= 15 is 0 Å². The van der Waals surface area contributed by atoms with E-state index in [1.54, 1.807) is 4.57 Å². The van der Waals surface area contributed by atoms with Gasteiger partial charge in [0, 0.05) is 6.54 Å². The van der Waals surface area contributed by atoms with E-state index in [4.69, 9.17) is 5.73 Å². The van der Waals surface area contributed by atoms with Crippen LogP contribution in [0.4, 0.5) is 0 Å². The van der Waals surface area contributed by atoms with Gasteiger partial charge in [-0.3, -0.25) is 0 Å². The highest BCUT2D eigenvalue weighted by molar-refractivity contribution is 7.91. The molecule has 2 N–H and O–H groups in total. The van der Waals surface area contributed by atoms with Crippen LogP contribution in [0.25, 0.3) is 0 Å². The van der Waals surface area contributed by atoms with E-state index in [1.165, 1.54) is 6.08 Å². The molecule has 19 heavy (non-hydrogen) atoms. The molecule has 0 aliphatic rings. The molecule has 0 radical (unpaired) electrons. The summed E-state index contributed by atoms with van der Waals surface area (Å²) in [6, 6.07) is -0.307. The topological polar surface area (TPSA) is 90.9 Å². The van der Waals surface area contributed by atoms with Gasteiger partial charge in [-0.2, -0.15) is 0 Å². The maximum absolute atomic E-state index is 12.1. The average Bonchev–Trinajstić information content (AvgIpc) is 2.71. The van der Waals surface area contributed by atoms with Gasteiger partial charge in [0.2, 0.25) is 15.0 Å². The summed E-state index contributed by atoms with van der Waals surface area (Å²) < 4.78 is 25.9. The zero-order chi connectivity index (χ0) is 14.6. The van der Waals surface area contributed by atoms with Crippen molar-refractivity contribution in [2.45, 2.75) is 44.9 Å². The fourth-order valence-electron chi connectivity index (χ4n) is 1.75. The van der Waals surface area contributed by atoms with Crippen molar-refractivity contribution in [1.82, 2.24) is 14.8 Å². The standard InChI is InChI=1S/C12H22N4O2S/c1-5-7-19(17,18)12-15-14-11(10(13)6-2)16(12)8-9(3)4/h5,9-10H,1,6-8,13H2,2-4H3. The average molecular weight is 286 g/mol.